The van der Waals surface area contributed by atoms with Crippen LogP contribution in [-0.2, 0) is 16.0 Å². The van der Waals surface area contributed by atoms with Gasteiger partial charge in [0.25, 0.3) is 5.69 Å². The van der Waals surface area contributed by atoms with Crippen molar-refractivity contribution in [2.45, 2.75) is 20.3 Å². The van der Waals surface area contributed by atoms with Crippen LogP contribution in [0.4, 0.5) is 11.4 Å². The summed E-state index contributed by atoms with van der Waals surface area (Å²) >= 11 is 0. The summed E-state index contributed by atoms with van der Waals surface area (Å²) in [4.78, 5) is 21.4. The zero-order valence-corrected chi connectivity index (χ0v) is 10.4. The maximum atomic E-state index is 11.2. The minimum Gasteiger partial charge on any atom is -0.465 e. The lowest BCUT2D eigenvalue weighted by Crippen LogP contribution is -2.17. The van der Waals surface area contributed by atoms with Crippen molar-refractivity contribution in [3.8, 4) is 0 Å². The number of rotatable bonds is 6. The summed E-state index contributed by atoms with van der Waals surface area (Å²) in [6.45, 7) is 3.98. The minimum atomic E-state index is -0.463. The van der Waals surface area contributed by atoms with Gasteiger partial charge in [-0.25, -0.2) is 0 Å². The molecule has 0 aliphatic carbocycles. The lowest BCUT2D eigenvalue weighted by atomic mass is 10.1. The Morgan fingerprint density at radius 3 is 2.72 bits per heavy atom. The third-order valence-electron chi connectivity index (χ3n) is 2.41. The van der Waals surface area contributed by atoms with Crippen LogP contribution in [0.2, 0.25) is 0 Å². The molecule has 1 N–H and O–H groups in total. The topological polar surface area (TPSA) is 81.5 Å². The van der Waals surface area contributed by atoms with Crippen LogP contribution in [0.25, 0.3) is 0 Å². The van der Waals surface area contributed by atoms with Gasteiger partial charge in [-0.05, 0) is 18.9 Å². The molecule has 0 aliphatic heterocycles. The average molecular weight is 252 g/mol. The monoisotopic (exact) mass is 252 g/mol. The number of carbonyl (C=O) groups excluding carboxylic acids is 1. The van der Waals surface area contributed by atoms with Crippen molar-refractivity contribution >= 4 is 17.3 Å². The number of nitro groups is 1. The molecule has 0 saturated heterocycles. The summed E-state index contributed by atoms with van der Waals surface area (Å²) in [5.41, 5.74) is 1.52. The first kappa shape index (κ1) is 14.0. The SMILES string of the molecule is CCOC(=O)CNc1cc([N+](=O)[O-])ccc1CC. The second kappa shape index (κ2) is 6.58. The minimum absolute atomic E-state index is 0.00133. The summed E-state index contributed by atoms with van der Waals surface area (Å²) in [6.07, 6.45) is 0.725. The van der Waals surface area contributed by atoms with Crippen LogP contribution in [-0.4, -0.2) is 24.0 Å². The normalized spacial score (nSPS) is 9.89. The van der Waals surface area contributed by atoms with Crippen LogP contribution in [0.15, 0.2) is 18.2 Å². The van der Waals surface area contributed by atoms with Crippen molar-refractivity contribution in [2.24, 2.45) is 0 Å². The first-order chi connectivity index (χ1) is 8.58. The Morgan fingerprint density at radius 2 is 2.17 bits per heavy atom. The van der Waals surface area contributed by atoms with Crippen molar-refractivity contribution in [2.75, 3.05) is 18.5 Å². The molecule has 0 amide bonds. The van der Waals surface area contributed by atoms with E-state index in [0.29, 0.717) is 12.3 Å². The van der Waals surface area contributed by atoms with Gasteiger partial charge in [0.15, 0.2) is 0 Å². The van der Waals surface area contributed by atoms with Crippen LogP contribution in [0.3, 0.4) is 0 Å². The van der Waals surface area contributed by atoms with E-state index in [1.807, 2.05) is 6.92 Å². The van der Waals surface area contributed by atoms with Crippen LogP contribution in [0.5, 0.6) is 0 Å². The highest BCUT2D eigenvalue weighted by Crippen LogP contribution is 2.22. The van der Waals surface area contributed by atoms with E-state index in [-0.39, 0.29) is 18.2 Å². The fraction of sp³-hybridized carbons (Fsp3) is 0.417. The van der Waals surface area contributed by atoms with E-state index < -0.39 is 4.92 Å². The molecule has 98 valence electrons. The molecule has 0 unspecified atom stereocenters. The highest BCUT2D eigenvalue weighted by Gasteiger charge is 2.11. The van der Waals surface area contributed by atoms with Gasteiger partial charge in [0.2, 0.25) is 0 Å². The van der Waals surface area contributed by atoms with Crippen molar-refractivity contribution in [3.63, 3.8) is 0 Å². The molecule has 1 rings (SSSR count). The number of non-ortho nitro benzene ring substituents is 1. The Morgan fingerprint density at radius 1 is 1.44 bits per heavy atom. The van der Waals surface area contributed by atoms with Crippen molar-refractivity contribution in [3.05, 3.63) is 33.9 Å². The van der Waals surface area contributed by atoms with Gasteiger partial charge in [-0.2, -0.15) is 0 Å². The molecule has 1 aromatic carbocycles. The van der Waals surface area contributed by atoms with E-state index in [9.17, 15) is 14.9 Å². The van der Waals surface area contributed by atoms with E-state index in [4.69, 9.17) is 4.74 Å². The van der Waals surface area contributed by atoms with Crippen molar-refractivity contribution < 1.29 is 14.5 Å². The first-order valence-electron chi connectivity index (χ1n) is 5.75. The molecule has 0 spiro atoms. The number of esters is 1. The summed E-state index contributed by atoms with van der Waals surface area (Å²) < 4.78 is 4.78. The number of hydrogen-bond acceptors (Lipinski definition) is 5. The molecule has 6 nitrogen and oxygen atoms in total. The molecular formula is C12H16N2O4. The molecule has 0 saturated carbocycles. The third kappa shape index (κ3) is 3.73. The summed E-state index contributed by atoms with van der Waals surface area (Å²) in [7, 11) is 0. The second-order valence-electron chi connectivity index (χ2n) is 3.61. The molecular weight excluding hydrogens is 236 g/mol. The van der Waals surface area contributed by atoms with Crippen LogP contribution in [0.1, 0.15) is 19.4 Å². The second-order valence-corrected chi connectivity index (χ2v) is 3.61. The van der Waals surface area contributed by atoms with Crippen LogP contribution < -0.4 is 5.32 Å². The summed E-state index contributed by atoms with van der Waals surface area (Å²) in [5.74, 6) is -0.383. The molecule has 0 aromatic heterocycles. The first-order valence-corrected chi connectivity index (χ1v) is 5.75. The van der Waals surface area contributed by atoms with E-state index in [0.717, 1.165) is 12.0 Å². The molecule has 0 heterocycles. The molecule has 6 heteroatoms. The Hall–Kier alpha value is -2.11. The number of aryl methyl sites for hydroxylation is 1. The maximum absolute atomic E-state index is 11.2. The predicted molar refractivity (Wildman–Crippen MR) is 67.6 cm³/mol. The fourth-order valence-electron chi connectivity index (χ4n) is 1.53. The lowest BCUT2D eigenvalue weighted by molar-refractivity contribution is -0.384. The van der Waals surface area contributed by atoms with Crippen molar-refractivity contribution in [1.82, 2.24) is 0 Å². The summed E-state index contributed by atoms with van der Waals surface area (Å²) in [6, 6.07) is 4.57. The highest BCUT2D eigenvalue weighted by molar-refractivity contribution is 5.75. The van der Waals surface area contributed by atoms with Gasteiger partial charge >= 0.3 is 5.97 Å². The Balaban J connectivity index is 2.81. The number of ether oxygens (including phenoxy) is 1. The Kier molecular flexibility index (Phi) is 5.10. The molecule has 0 fully saturated rings. The van der Waals surface area contributed by atoms with Gasteiger partial charge < -0.3 is 10.1 Å². The third-order valence-corrected chi connectivity index (χ3v) is 2.41. The van der Waals surface area contributed by atoms with E-state index in [1.54, 1.807) is 13.0 Å². The average Bonchev–Trinajstić information content (AvgIpc) is 2.36. The number of nitrogens with zero attached hydrogens (tertiary/aromatic N) is 1. The molecule has 18 heavy (non-hydrogen) atoms. The zero-order valence-electron chi connectivity index (χ0n) is 10.4. The van der Waals surface area contributed by atoms with Crippen LogP contribution in [0, 0.1) is 10.1 Å². The standard InChI is InChI=1S/C12H16N2O4/c1-3-9-5-6-10(14(16)17)7-11(9)13-8-12(15)18-4-2/h5-7,13H,3-4,8H2,1-2H3. The van der Waals surface area contributed by atoms with Gasteiger partial charge in [-0.15, -0.1) is 0 Å². The molecule has 0 aliphatic rings. The molecule has 0 bridgehead atoms. The maximum Gasteiger partial charge on any atom is 0.325 e. The molecule has 0 radical (unpaired) electrons. The Bertz CT molecular complexity index is 446. The largest absolute Gasteiger partial charge is 0.465 e. The molecule has 0 atom stereocenters. The van der Waals surface area contributed by atoms with E-state index in [1.165, 1.54) is 12.1 Å². The quantitative estimate of drug-likeness (QED) is 0.476. The number of benzene rings is 1. The number of nitrogens with one attached hydrogen (secondary N) is 1. The van der Waals surface area contributed by atoms with Gasteiger partial charge in [0, 0.05) is 17.8 Å². The highest BCUT2D eigenvalue weighted by atomic mass is 16.6. The number of anilines is 1. The number of hydrogen-bond donors (Lipinski definition) is 1. The van der Waals surface area contributed by atoms with Crippen molar-refractivity contribution in [1.29, 1.82) is 0 Å². The predicted octanol–water partition coefficient (Wildman–Crippen LogP) is 2.13. The lowest BCUT2D eigenvalue weighted by Gasteiger charge is -2.10. The van der Waals surface area contributed by atoms with Crippen LogP contribution >= 0.6 is 0 Å². The number of nitro benzene ring substituents is 1. The van der Waals surface area contributed by atoms with E-state index >= 15 is 0 Å². The smallest absolute Gasteiger partial charge is 0.325 e. The van der Waals surface area contributed by atoms with E-state index in [2.05, 4.69) is 5.32 Å². The van der Waals surface area contributed by atoms with Gasteiger partial charge in [-0.1, -0.05) is 13.0 Å². The number of carbonyl (C=O) groups is 1. The van der Waals surface area contributed by atoms with Gasteiger partial charge in [-0.3, -0.25) is 14.9 Å². The Labute approximate surface area is 105 Å². The zero-order chi connectivity index (χ0) is 13.5. The van der Waals surface area contributed by atoms with Gasteiger partial charge in [0.1, 0.15) is 6.54 Å². The summed E-state index contributed by atoms with van der Waals surface area (Å²) in [5, 5.41) is 13.5. The van der Waals surface area contributed by atoms with Gasteiger partial charge in [0.05, 0.1) is 11.5 Å². The molecule has 1 aromatic rings. The fourth-order valence-corrected chi connectivity index (χ4v) is 1.53.